The van der Waals surface area contributed by atoms with Crippen molar-refractivity contribution in [3.8, 4) is 0 Å². The molecule has 0 radical (unpaired) electrons. The van der Waals surface area contributed by atoms with E-state index in [1.807, 2.05) is 6.92 Å². The van der Waals surface area contributed by atoms with E-state index in [1.165, 1.54) is 12.5 Å². The van der Waals surface area contributed by atoms with Gasteiger partial charge >= 0.3 is 11.9 Å². The lowest BCUT2D eigenvalue weighted by Gasteiger charge is -2.40. The van der Waals surface area contributed by atoms with E-state index in [-0.39, 0.29) is 11.9 Å². The molecule has 0 spiro atoms. The van der Waals surface area contributed by atoms with Gasteiger partial charge in [0.1, 0.15) is 12.2 Å². The third kappa shape index (κ3) is 5.80. The van der Waals surface area contributed by atoms with Crippen LogP contribution in [0, 0.1) is 5.92 Å². The van der Waals surface area contributed by atoms with Crippen LogP contribution in [0.15, 0.2) is 35.5 Å². The molecule has 0 aromatic carbocycles. The number of aliphatic hydroxyl groups is 1. The lowest BCUT2D eigenvalue weighted by Crippen LogP contribution is -2.49. The lowest BCUT2D eigenvalue weighted by atomic mass is 9.78. The molecule has 2 bridgehead atoms. The van der Waals surface area contributed by atoms with Gasteiger partial charge in [0, 0.05) is 24.8 Å². The first-order valence-electron chi connectivity index (χ1n) is 9.70. The van der Waals surface area contributed by atoms with Gasteiger partial charge in [0.25, 0.3) is 0 Å². The minimum atomic E-state index is -1.15. The van der Waals surface area contributed by atoms with Crippen molar-refractivity contribution in [3.05, 3.63) is 35.5 Å². The molecule has 0 saturated carbocycles. The fourth-order valence-corrected chi connectivity index (χ4v) is 3.83. The first kappa shape index (κ1) is 21.4. The second-order valence-corrected chi connectivity index (χ2v) is 8.15. The molecule has 0 aromatic rings. The molecule has 4 atom stereocenters. The Morgan fingerprint density at radius 3 is 2.63 bits per heavy atom. The van der Waals surface area contributed by atoms with Crippen molar-refractivity contribution in [1.29, 1.82) is 0 Å². The minimum Gasteiger partial charge on any atom is -0.462 e. The number of carbonyl (C=O) groups excluding carboxylic acids is 2. The van der Waals surface area contributed by atoms with E-state index < -0.39 is 23.8 Å². The normalized spacial score (nSPS) is 37.1. The number of ether oxygens (including phenoxy) is 2. The Hall–Kier alpha value is -1.88. The van der Waals surface area contributed by atoms with E-state index in [0.29, 0.717) is 31.3 Å². The molecule has 1 N–H and O–H groups in total. The van der Waals surface area contributed by atoms with Crippen LogP contribution in [0.25, 0.3) is 0 Å². The van der Waals surface area contributed by atoms with Gasteiger partial charge in [-0.2, -0.15) is 0 Å². The number of hydrogen-bond donors (Lipinski definition) is 1. The molecule has 1 saturated heterocycles. The maximum absolute atomic E-state index is 12.4. The predicted molar refractivity (Wildman–Crippen MR) is 104 cm³/mol. The third-order valence-electron chi connectivity index (χ3n) is 5.58. The van der Waals surface area contributed by atoms with Crippen molar-refractivity contribution >= 4 is 11.9 Å². The molecule has 2 aliphatic rings. The summed E-state index contributed by atoms with van der Waals surface area (Å²) in [5.74, 6) is -1.27. The molecule has 0 amide bonds. The Balaban J connectivity index is 2.38. The summed E-state index contributed by atoms with van der Waals surface area (Å²) in [6, 6.07) is 0. The number of esters is 2. The van der Waals surface area contributed by atoms with E-state index in [0.717, 1.165) is 18.4 Å². The van der Waals surface area contributed by atoms with Gasteiger partial charge in [0.2, 0.25) is 0 Å². The molecule has 1 aliphatic carbocycles. The molecule has 1 fully saturated rings. The molecule has 1 heterocycles. The zero-order chi connectivity index (χ0) is 20.2. The van der Waals surface area contributed by atoms with Crippen LogP contribution >= 0.6 is 0 Å². The Morgan fingerprint density at radius 2 is 1.96 bits per heavy atom. The molecule has 27 heavy (non-hydrogen) atoms. The summed E-state index contributed by atoms with van der Waals surface area (Å²) in [6.45, 7) is 11.1. The number of allylic oxidation sites excluding steroid dienone is 3. The van der Waals surface area contributed by atoms with Gasteiger partial charge in [-0.1, -0.05) is 29.9 Å². The van der Waals surface area contributed by atoms with Crippen LogP contribution in [0.4, 0.5) is 0 Å². The van der Waals surface area contributed by atoms with Crippen molar-refractivity contribution in [1.82, 2.24) is 0 Å². The summed E-state index contributed by atoms with van der Waals surface area (Å²) in [5.41, 5.74) is 1.54. The first-order chi connectivity index (χ1) is 12.6. The maximum Gasteiger partial charge on any atom is 0.334 e. The van der Waals surface area contributed by atoms with Crippen LogP contribution in [0.5, 0.6) is 0 Å². The molecule has 2 rings (SSSR count). The van der Waals surface area contributed by atoms with Crippen LogP contribution in [-0.2, 0) is 19.1 Å². The van der Waals surface area contributed by atoms with E-state index in [9.17, 15) is 14.7 Å². The van der Waals surface area contributed by atoms with Crippen molar-refractivity contribution in [2.24, 2.45) is 5.92 Å². The molecule has 5 heteroatoms. The Labute approximate surface area is 162 Å². The Morgan fingerprint density at radius 1 is 1.30 bits per heavy atom. The van der Waals surface area contributed by atoms with Crippen LogP contribution in [0.1, 0.15) is 66.2 Å². The second-order valence-electron chi connectivity index (χ2n) is 8.15. The largest absolute Gasteiger partial charge is 0.462 e. The summed E-state index contributed by atoms with van der Waals surface area (Å²) < 4.78 is 11.1. The molecule has 150 valence electrons. The van der Waals surface area contributed by atoms with Gasteiger partial charge < -0.3 is 14.6 Å². The highest BCUT2D eigenvalue weighted by molar-refractivity contribution is 5.89. The van der Waals surface area contributed by atoms with Gasteiger partial charge in [0.05, 0.1) is 5.60 Å². The average Bonchev–Trinajstić information content (AvgIpc) is 2.55. The zero-order valence-electron chi connectivity index (χ0n) is 16.9. The molecule has 0 aromatic heterocycles. The fourth-order valence-electron chi connectivity index (χ4n) is 3.83. The summed E-state index contributed by atoms with van der Waals surface area (Å²) in [6.07, 6.45) is 7.17. The zero-order valence-corrected chi connectivity index (χ0v) is 16.9. The number of rotatable bonds is 1. The van der Waals surface area contributed by atoms with Crippen LogP contribution in [0.3, 0.4) is 0 Å². The van der Waals surface area contributed by atoms with Crippen molar-refractivity contribution in [3.63, 3.8) is 0 Å². The van der Waals surface area contributed by atoms with Gasteiger partial charge in [-0.05, 0) is 52.9 Å². The van der Waals surface area contributed by atoms with E-state index in [2.05, 4.69) is 25.7 Å². The maximum atomic E-state index is 12.4. The monoisotopic (exact) mass is 376 g/mol. The smallest absolute Gasteiger partial charge is 0.334 e. The fraction of sp³-hybridized carbons (Fsp3) is 0.636. The molecular weight excluding hydrogens is 344 g/mol. The summed E-state index contributed by atoms with van der Waals surface area (Å²) in [4.78, 5) is 24.1. The standard InChI is InChI=1S/C22H32O5/c1-14-8-6-9-15(2)12-19(26-17(4)23)18-13-20(27-21(24)16(18)3)22(5,25)11-7-10-14/h9-10,18-20,25H,3,6-8,11-13H2,1-2,4-5H3/b14-10-,15-9-/t18?,19?,20?,22-/m0/s1. The quantitative estimate of drug-likeness (QED) is 0.425. The van der Waals surface area contributed by atoms with Crippen LogP contribution in [-0.4, -0.2) is 34.9 Å². The highest BCUT2D eigenvalue weighted by atomic mass is 16.6. The van der Waals surface area contributed by atoms with Gasteiger partial charge in [0.15, 0.2) is 0 Å². The minimum absolute atomic E-state index is 0.309. The van der Waals surface area contributed by atoms with Gasteiger partial charge in [-0.15, -0.1) is 0 Å². The van der Waals surface area contributed by atoms with Gasteiger partial charge in [-0.3, -0.25) is 4.79 Å². The van der Waals surface area contributed by atoms with Crippen molar-refractivity contribution in [2.75, 3.05) is 0 Å². The molecule has 5 nitrogen and oxygen atoms in total. The lowest BCUT2D eigenvalue weighted by molar-refractivity contribution is -0.174. The van der Waals surface area contributed by atoms with Crippen LogP contribution in [0.2, 0.25) is 0 Å². The summed E-state index contributed by atoms with van der Waals surface area (Å²) in [5, 5.41) is 11.0. The van der Waals surface area contributed by atoms with Gasteiger partial charge in [-0.25, -0.2) is 4.79 Å². The van der Waals surface area contributed by atoms with E-state index in [4.69, 9.17) is 9.47 Å². The Kier molecular flexibility index (Phi) is 7.04. The number of fused-ring (bicyclic) bond motifs is 2. The summed E-state index contributed by atoms with van der Waals surface area (Å²) in [7, 11) is 0. The van der Waals surface area contributed by atoms with Crippen molar-refractivity contribution in [2.45, 2.75) is 84.0 Å². The van der Waals surface area contributed by atoms with E-state index in [1.54, 1.807) is 6.92 Å². The van der Waals surface area contributed by atoms with Crippen LogP contribution < -0.4 is 0 Å². The third-order valence-corrected chi connectivity index (χ3v) is 5.58. The average molecular weight is 376 g/mol. The SMILES string of the molecule is C=C1C(=O)OC2CC1C(OC(C)=O)C/C(C)=C\CC/C(C)=C\CC[C@]2(C)O. The molecule has 3 unspecified atom stereocenters. The molecule has 1 aliphatic heterocycles. The highest BCUT2D eigenvalue weighted by Crippen LogP contribution is 2.37. The number of carbonyl (C=O) groups is 2. The topological polar surface area (TPSA) is 72.8 Å². The predicted octanol–water partition coefficient (Wildman–Crippen LogP) is 4.01. The van der Waals surface area contributed by atoms with E-state index >= 15 is 0 Å². The summed E-state index contributed by atoms with van der Waals surface area (Å²) >= 11 is 0. The van der Waals surface area contributed by atoms with Crippen molar-refractivity contribution < 1.29 is 24.2 Å². The number of hydrogen-bond acceptors (Lipinski definition) is 5. The highest BCUT2D eigenvalue weighted by Gasteiger charge is 2.45. The molecular formula is C22H32O5. The Bertz CT molecular complexity index is 656. The first-order valence-corrected chi connectivity index (χ1v) is 9.70. The second kappa shape index (κ2) is 8.87.